The monoisotopic (exact) mass is 177 g/mol. The molecular weight excluding hydrogens is 165 g/mol. The van der Waals surface area contributed by atoms with Crippen LogP contribution in [0.5, 0.6) is 0 Å². The van der Waals surface area contributed by atoms with Crippen molar-refractivity contribution in [1.82, 2.24) is 5.32 Å². The second kappa shape index (κ2) is 2.55. The van der Waals surface area contributed by atoms with Crippen molar-refractivity contribution in [3.8, 4) is 0 Å². The van der Waals surface area contributed by atoms with Crippen molar-refractivity contribution >= 4 is 0 Å². The average Bonchev–Trinajstić information content (AvgIpc) is 2.72. The Morgan fingerprint density at radius 1 is 1.23 bits per heavy atom. The summed E-state index contributed by atoms with van der Waals surface area (Å²) in [6, 6.07) is 8.16. The molecule has 1 saturated heterocycles. The van der Waals surface area contributed by atoms with Gasteiger partial charge in [-0.3, -0.25) is 0 Å². The lowest BCUT2D eigenvalue weighted by Crippen LogP contribution is -2.13. The molecule has 0 amide bonds. The van der Waals surface area contributed by atoms with E-state index in [0.29, 0.717) is 0 Å². The van der Waals surface area contributed by atoms with Gasteiger partial charge >= 0.3 is 0 Å². The Bertz CT molecular complexity index is 337. The van der Waals surface area contributed by atoms with E-state index < -0.39 is 6.17 Å². The van der Waals surface area contributed by atoms with Gasteiger partial charge < -0.3 is 5.32 Å². The van der Waals surface area contributed by atoms with E-state index in [1.807, 2.05) is 24.3 Å². The molecule has 1 N–H and O–H groups in total. The molecule has 1 nitrogen and oxygen atoms in total. The van der Waals surface area contributed by atoms with Crippen molar-refractivity contribution in [1.29, 1.82) is 0 Å². The topological polar surface area (TPSA) is 12.0 Å². The summed E-state index contributed by atoms with van der Waals surface area (Å²) in [5, 5.41) is 3.37. The van der Waals surface area contributed by atoms with E-state index in [1.165, 1.54) is 5.56 Å². The summed E-state index contributed by atoms with van der Waals surface area (Å²) in [6.07, 6.45) is 0.233. The maximum atomic E-state index is 13.8. The van der Waals surface area contributed by atoms with E-state index in [0.717, 1.165) is 18.5 Å². The molecule has 1 heterocycles. The largest absolute Gasteiger partial charge is 0.310 e. The van der Waals surface area contributed by atoms with Crippen molar-refractivity contribution in [2.24, 2.45) is 5.92 Å². The minimum absolute atomic E-state index is 0.192. The van der Waals surface area contributed by atoms with Crippen LogP contribution in [-0.4, -0.2) is 6.54 Å². The molecule has 3 rings (SSSR count). The van der Waals surface area contributed by atoms with Crippen LogP contribution in [0, 0.1) is 5.92 Å². The Labute approximate surface area is 77.0 Å². The predicted molar refractivity (Wildman–Crippen MR) is 49.1 cm³/mol. The minimum atomic E-state index is -0.740. The molecule has 0 spiro atoms. The van der Waals surface area contributed by atoms with Gasteiger partial charge in [0.05, 0.1) is 0 Å². The van der Waals surface area contributed by atoms with Gasteiger partial charge in [0.15, 0.2) is 0 Å². The number of hydrogen-bond donors (Lipinski definition) is 1. The van der Waals surface area contributed by atoms with Gasteiger partial charge in [-0.25, -0.2) is 4.39 Å². The van der Waals surface area contributed by atoms with Gasteiger partial charge in [-0.05, 0) is 24.1 Å². The Morgan fingerprint density at radius 3 is 2.85 bits per heavy atom. The summed E-state index contributed by atoms with van der Waals surface area (Å²) < 4.78 is 13.8. The van der Waals surface area contributed by atoms with Crippen LogP contribution in [0.2, 0.25) is 0 Å². The van der Waals surface area contributed by atoms with Gasteiger partial charge in [-0.2, -0.15) is 0 Å². The SMILES string of the molecule is FC1c2ccccc2C2NCCC12. The summed E-state index contributed by atoms with van der Waals surface area (Å²) in [7, 11) is 0. The second-order valence-corrected chi connectivity index (χ2v) is 3.92. The lowest BCUT2D eigenvalue weighted by molar-refractivity contribution is 0.242. The molecular formula is C11H12FN. The van der Waals surface area contributed by atoms with Gasteiger partial charge in [0.2, 0.25) is 0 Å². The zero-order chi connectivity index (χ0) is 8.84. The fourth-order valence-corrected chi connectivity index (χ4v) is 2.66. The van der Waals surface area contributed by atoms with Gasteiger partial charge in [-0.1, -0.05) is 24.3 Å². The zero-order valence-electron chi connectivity index (χ0n) is 7.33. The maximum Gasteiger partial charge on any atom is 0.130 e. The van der Waals surface area contributed by atoms with Crippen molar-refractivity contribution in [2.45, 2.75) is 18.6 Å². The zero-order valence-corrected chi connectivity index (χ0v) is 7.33. The summed E-state index contributed by atoms with van der Waals surface area (Å²) in [5.41, 5.74) is 2.09. The standard InChI is InChI=1S/C11H12FN/c12-10-7-3-1-2-4-8(7)11-9(10)5-6-13-11/h1-4,9-11,13H,5-6H2. The highest BCUT2D eigenvalue weighted by molar-refractivity contribution is 5.38. The lowest BCUT2D eigenvalue weighted by Gasteiger charge is -2.10. The molecule has 13 heavy (non-hydrogen) atoms. The molecule has 0 bridgehead atoms. The molecule has 2 heteroatoms. The van der Waals surface area contributed by atoms with E-state index in [4.69, 9.17) is 0 Å². The molecule has 0 saturated carbocycles. The second-order valence-electron chi connectivity index (χ2n) is 3.92. The fourth-order valence-electron chi connectivity index (χ4n) is 2.66. The smallest absolute Gasteiger partial charge is 0.130 e. The van der Waals surface area contributed by atoms with Crippen molar-refractivity contribution < 1.29 is 4.39 Å². The first-order chi connectivity index (χ1) is 6.38. The summed E-state index contributed by atoms with van der Waals surface area (Å²) >= 11 is 0. The number of nitrogens with one attached hydrogen (secondary N) is 1. The van der Waals surface area contributed by atoms with E-state index >= 15 is 0 Å². The number of hydrogen-bond acceptors (Lipinski definition) is 1. The third-order valence-corrected chi connectivity index (χ3v) is 3.27. The highest BCUT2D eigenvalue weighted by Gasteiger charge is 2.43. The van der Waals surface area contributed by atoms with Gasteiger partial charge in [0.25, 0.3) is 0 Å². The molecule has 1 aliphatic carbocycles. The highest BCUT2D eigenvalue weighted by atomic mass is 19.1. The number of fused-ring (bicyclic) bond motifs is 3. The maximum absolute atomic E-state index is 13.8. The molecule has 1 aliphatic heterocycles. The first kappa shape index (κ1) is 7.51. The van der Waals surface area contributed by atoms with Gasteiger partial charge in [0.1, 0.15) is 6.17 Å². The fraction of sp³-hybridized carbons (Fsp3) is 0.455. The van der Waals surface area contributed by atoms with Crippen LogP contribution >= 0.6 is 0 Å². The number of benzene rings is 1. The predicted octanol–water partition coefficient (Wildman–Crippen LogP) is 2.36. The summed E-state index contributed by atoms with van der Waals surface area (Å²) in [6.45, 7) is 0.962. The van der Waals surface area contributed by atoms with E-state index in [1.54, 1.807) is 0 Å². The van der Waals surface area contributed by atoms with Crippen LogP contribution in [0.25, 0.3) is 0 Å². The molecule has 68 valence electrons. The summed E-state index contributed by atoms with van der Waals surface area (Å²) in [4.78, 5) is 0. The number of halogens is 1. The normalized spacial score (nSPS) is 35.9. The highest BCUT2D eigenvalue weighted by Crippen LogP contribution is 2.49. The van der Waals surface area contributed by atoms with Crippen LogP contribution < -0.4 is 5.32 Å². The number of alkyl halides is 1. The van der Waals surface area contributed by atoms with Crippen LogP contribution in [0.4, 0.5) is 4.39 Å². The first-order valence-corrected chi connectivity index (χ1v) is 4.84. The molecule has 1 aromatic carbocycles. The molecule has 3 unspecified atom stereocenters. The Morgan fingerprint density at radius 2 is 2.00 bits per heavy atom. The summed E-state index contributed by atoms with van der Waals surface area (Å²) in [5.74, 6) is 0.192. The third-order valence-electron chi connectivity index (χ3n) is 3.27. The Balaban J connectivity index is 2.13. The van der Waals surface area contributed by atoms with Crippen LogP contribution in [0.1, 0.15) is 29.8 Å². The Kier molecular flexibility index (Phi) is 1.47. The van der Waals surface area contributed by atoms with Crippen molar-refractivity contribution in [3.63, 3.8) is 0 Å². The average molecular weight is 177 g/mol. The molecule has 2 aliphatic rings. The van der Waals surface area contributed by atoms with E-state index in [2.05, 4.69) is 5.32 Å². The first-order valence-electron chi connectivity index (χ1n) is 4.84. The van der Waals surface area contributed by atoms with Crippen molar-refractivity contribution in [2.75, 3.05) is 6.54 Å². The Hall–Kier alpha value is -0.890. The van der Waals surface area contributed by atoms with E-state index in [9.17, 15) is 4.39 Å². The van der Waals surface area contributed by atoms with Gasteiger partial charge in [-0.15, -0.1) is 0 Å². The molecule has 0 aromatic heterocycles. The molecule has 1 aromatic rings. The lowest BCUT2D eigenvalue weighted by atomic mass is 10.0. The number of rotatable bonds is 0. The van der Waals surface area contributed by atoms with Crippen LogP contribution in [0.3, 0.4) is 0 Å². The molecule has 0 radical (unpaired) electrons. The molecule has 3 atom stereocenters. The molecule has 1 fully saturated rings. The van der Waals surface area contributed by atoms with Crippen molar-refractivity contribution in [3.05, 3.63) is 35.4 Å². The van der Waals surface area contributed by atoms with Crippen LogP contribution in [0.15, 0.2) is 24.3 Å². The van der Waals surface area contributed by atoms with Gasteiger partial charge in [0, 0.05) is 12.0 Å². The quantitative estimate of drug-likeness (QED) is 0.641. The minimum Gasteiger partial charge on any atom is -0.310 e. The van der Waals surface area contributed by atoms with E-state index in [-0.39, 0.29) is 12.0 Å². The van der Waals surface area contributed by atoms with Crippen LogP contribution in [-0.2, 0) is 0 Å². The third kappa shape index (κ3) is 0.894.